The van der Waals surface area contributed by atoms with E-state index < -0.39 is 0 Å². The van der Waals surface area contributed by atoms with E-state index in [1.807, 2.05) is 24.3 Å². The van der Waals surface area contributed by atoms with Gasteiger partial charge < -0.3 is 4.74 Å². The molecule has 5 heteroatoms. The second kappa shape index (κ2) is 7.12. The molecule has 0 aliphatic carbocycles. The number of halogens is 3. The number of ether oxygens (including phenoxy) is 1. The monoisotopic (exact) mass is 413 g/mol. The fourth-order valence-electron chi connectivity index (χ4n) is 1.63. The first-order valence-corrected chi connectivity index (χ1v) is 8.09. The second-order valence-electron chi connectivity index (χ2n) is 4.11. The SMILES string of the molecule is N#Cc1ccc(COc2ccc(CBr)cc2Br)c(Cl)c1. The number of nitrogens with zero attached hydrogens (tertiary/aromatic N) is 1. The molecule has 0 amide bonds. The minimum Gasteiger partial charge on any atom is -0.488 e. The first-order valence-electron chi connectivity index (χ1n) is 5.79. The summed E-state index contributed by atoms with van der Waals surface area (Å²) >= 11 is 13.0. The lowest BCUT2D eigenvalue weighted by Crippen LogP contribution is -1.97. The van der Waals surface area contributed by atoms with Crippen LogP contribution in [0.3, 0.4) is 0 Å². The minimum atomic E-state index is 0.358. The molecule has 0 N–H and O–H groups in total. The Bertz CT molecular complexity index is 667. The molecule has 2 aromatic carbocycles. The summed E-state index contributed by atoms with van der Waals surface area (Å²) in [5.41, 5.74) is 2.56. The molecule has 2 nitrogen and oxygen atoms in total. The van der Waals surface area contributed by atoms with Gasteiger partial charge in [0.1, 0.15) is 12.4 Å². The first-order chi connectivity index (χ1) is 9.63. The Hall–Kier alpha value is -1.02. The Morgan fingerprint density at radius 1 is 1.20 bits per heavy atom. The van der Waals surface area contributed by atoms with Crippen molar-refractivity contribution in [2.45, 2.75) is 11.9 Å². The van der Waals surface area contributed by atoms with Crippen LogP contribution in [0.15, 0.2) is 40.9 Å². The summed E-state index contributed by atoms with van der Waals surface area (Å²) in [5.74, 6) is 0.759. The summed E-state index contributed by atoms with van der Waals surface area (Å²) in [6.45, 7) is 0.358. The molecule has 0 fully saturated rings. The van der Waals surface area contributed by atoms with Crippen LogP contribution in [0.25, 0.3) is 0 Å². The lowest BCUT2D eigenvalue weighted by atomic mass is 10.1. The molecule has 102 valence electrons. The largest absolute Gasteiger partial charge is 0.488 e. The zero-order chi connectivity index (χ0) is 14.5. The van der Waals surface area contributed by atoms with Crippen molar-refractivity contribution < 1.29 is 4.74 Å². The standard InChI is InChI=1S/C15H10Br2ClNO/c16-7-10-2-4-15(13(17)5-10)20-9-12-3-1-11(8-19)6-14(12)18/h1-6H,7,9H2. The maximum Gasteiger partial charge on any atom is 0.134 e. The van der Waals surface area contributed by atoms with E-state index in [2.05, 4.69) is 37.9 Å². The van der Waals surface area contributed by atoms with Crippen LogP contribution in [-0.4, -0.2) is 0 Å². The number of nitriles is 1. The third-order valence-corrected chi connectivity index (χ3v) is 4.33. The third-order valence-electron chi connectivity index (χ3n) is 2.72. The van der Waals surface area contributed by atoms with Gasteiger partial charge in [-0.2, -0.15) is 5.26 Å². The predicted octanol–water partition coefficient (Wildman–Crippen LogP) is 5.45. The number of rotatable bonds is 4. The van der Waals surface area contributed by atoms with Gasteiger partial charge in [0.15, 0.2) is 0 Å². The maximum atomic E-state index is 8.80. The summed E-state index contributed by atoms with van der Waals surface area (Å²) < 4.78 is 6.65. The number of hydrogen-bond donors (Lipinski definition) is 0. The Morgan fingerprint density at radius 3 is 2.60 bits per heavy atom. The van der Waals surface area contributed by atoms with E-state index in [0.29, 0.717) is 17.2 Å². The van der Waals surface area contributed by atoms with Crippen LogP contribution < -0.4 is 4.74 Å². The van der Waals surface area contributed by atoms with Crippen LogP contribution in [0.2, 0.25) is 5.02 Å². The zero-order valence-electron chi connectivity index (χ0n) is 10.4. The third kappa shape index (κ3) is 3.76. The van der Waals surface area contributed by atoms with Crippen LogP contribution >= 0.6 is 43.5 Å². The molecular formula is C15H10Br2ClNO. The first kappa shape index (κ1) is 15.4. The van der Waals surface area contributed by atoms with Crippen molar-refractivity contribution in [2.75, 3.05) is 0 Å². The molecule has 0 atom stereocenters. The fraction of sp³-hybridized carbons (Fsp3) is 0.133. The average Bonchev–Trinajstić information content (AvgIpc) is 2.46. The van der Waals surface area contributed by atoms with Gasteiger partial charge in [-0.1, -0.05) is 39.7 Å². The van der Waals surface area contributed by atoms with Crippen molar-refractivity contribution in [1.82, 2.24) is 0 Å². The van der Waals surface area contributed by atoms with Gasteiger partial charge in [0.2, 0.25) is 0 Å². The summed E-state index contributed by atoms with van der Waals surface area (Å²) in [6, 6.07) is 13.1. The average molecular weight is 416 g/mol. The molecule has 0 aromatic heterocycles. The lowest BCUT2D eigenvalue weighted by Gasteiger charge is -2.10. The molecule has 20 heavy (non-hydrogen) atoms. The number of hydrogen-bond acceptors (Lipinski definition) is 2. The fourth-order valence-corrected chi connectivity index (χ4v) is 2.76. The second-order valence-corrected chi connectivity index (χ2v) is 5.93. The summed E-state index contributed by atoms with van der Waals surface area (Å²) in [7, 11) is 0. The van der Waals surface area contributed by atoms with Crippen molar-refractivity contribution in [3.05, 3.63) is 62.6 Å². The summed E-state index contributed by atoms with van der Waals surface area (Å²) in [5, 5.41) is 10.1. The van der Waals surface area contributed by atoms with E-state index in [-0.39, 0.29) is 0 Å². The molecule has 0 unspecified atom stereocenters. The van der Waals surface area contributed by atoms with Gasteiger partial charge in [0.05, 0.1) is 16.1 Å². The molecule has 2 rings (SSSR count). The topological polar surface area (TPSA) is 33.0 Å². The van der Waals surface area contributed by atoms with Crippen LogP contribution in [-0.2, 0) is 11.9 Å². The highest BCUT2D eigenvalue weighted by molar-refractivity contribution is 9.10. The predicted molar refractivity (Wildman–Crippen MR) is 87.3 cm³/mol. The van der Waals surface area contributed by atoms with Gasteiger partial charge in [-0.05, 0) is 45.8 Å². The van der Waals surface area contributed by atoms with Gasteiger partial charge in [-0.25, -0.2) is 0 Å². The van der Waals surface area contributed by atoms with Crippen molar-refractivity contribution >= 4 is 43.5 Å². The number of benzene rings is 2. The Kier molecular flexibility index (Phi) is 5.47. The molecular weight excluding hydrogens is 405 g/mol. The van der Waals surface area contributed by atoms with E-state index in [0.717, 1.165) is 21.1 Å². The Morgan fingerprint density at radius 2 is 2.00 bits per heavy atom. The molecule has 0 saturated heterocycles. The van der Waals surface area contributed by atoms with Gasteiger partial charge in [0, 0.05) is 15.9 Å². The van der Waals surface area contributed by atoms with Crippen molar-refractivity contribution in [2.24, 2.45) is 0 Å². The van der Waals surface area contributed by atoms with Gasteiger partial charge in [0.25, 0.3) is 0 Å². The van der Waals surface area contributed by atoms with Gasteiger partial charge >= 0.3 is 0 Å². The van der Waals surface area contributed by atoms with Crippen LogP contribution in [0.4, 0.5) is 0 Å². The smallest absolute Gasteiger partial charge is 0.134 e. The molecule has 0 bridgehead atoms. The molecule has 2 aromatic rings. The van der Waals surface area contributed by atoms with Crippen LogP contribution in [0.1, 0.15) is 16.7 Å². The van der Waals surface area contributed by atoms with Crippen molar-refractivity contribution in [3.8, 4) is 11.8 Å². The van der Waals surface area contributed by atoms with E-state index >= 15 is 0 Å². The Labute approximate surface area is 139 Å². The highest BCUT2D eigenvalue weighted by Crippen LogP contribution is 2.28. The van der Waals surface area contributed by atoms with Crippen LogP contribution in [0.5, 0.6) is 5.75 Å². The van der Waals surface area contributed by atoms with E-state index in [1.165, 1.54) is 5.56 Å². The molecule has 0 saturated carbocycles. The minimum absolute atomic E-state index is 0.358. The van der Waals surface area contributed by atoms with E-state index in [9.17, 15) is 0 Å². The van der Waals surface area contributed by atoms with Gasteiger partial charge in [-0.15, -0.1) is 0 Å². The normalized spacial score (nSPS) is 10.1. The van der Waals surface area contributed by atoms with Crippen molar-refractivity contribution in [3.63, 3.8) is 0 Å². The lowest BCUT2D eigenvalue weighted by molar-refractivity contribution is 0.304. The molecule has 0 aliphatic heterocycles. The summed E-state index contributed by atoms with van der Waals surface area (Å²) in [4.78, 5) is 0. The zero-order valence-corrected chi connectivity index (χ0v) is 14.3. The van der Waals surface area contributed by atoms with Crippen LogP contribution in [0, 0.1) is 11.3 Å². The maximum absolute atomic E-state index is 8.80. The highest BCUT2D eigenvalue weighted by atomic mass is 79.9. The molecule has 0 heterocycles. The van der Waals surface area contributed by atoms with E-state index in [1.54, 1.807) is 12.1 Å². The number of alkyl halides is 1. The van der Waals surface area contributed by atoms with Crippen molar-refractivity contribution in [1.29, 1.82) is 5.26 Å². The quantitative estimate of drug-likeness (QED) is 0.622. The molecule has 0 radical (unpaired) electrons. The highest BCUT2D eigenvalue weighted by Gasteiger charge is 2.06. The van der Waals surface area contributed by atoms with E-state index in [4.69, 9.17) is 21.6 Å². The molecule has 0 spiro atoms. The Balaban J connectivity index is 2.11. The van der Waals surface area contributed by atoms with Gasteiger partial charge in [-0.3, -0.25) is 0 Å². The summed E-state index contributed by atoms with van der Waals surface area (Å²) in [6.07, 6.45) is 0. The molecule has 0 aliphatic rings.